The van der Waals surface area contributed by atoms with E-state index in [-0.39, 0.29) is 6.61 Å². The van der Waals surface area contributed by atoms with Crippen LogP contribution in [0.25, 0.3) is 0 Å². The van der Waals surface area contributed by atoms with Gasteiger partial charge in [0.05, 0.1) is 23.7 Å². The quantitative estimate of drug-likeness (QED) is 0.374. The number of hydrogen-bond donors (Lipinski definition) is 0. The fourth-order valence-corrected chi connectivity index (χ4v) is 5.58. The molecule has 5 rings (SSSR count). The number of hydrazone groups is 2. The summed E-state index contributed by atoms with van der Waals surface area (Å²) >= 11 is 7.51. The maximum atomic E-state index is 12.8. The van der Waals surface area contributed by atoms with Crippen molar-refractivity contribution in [3.63, 3.8) is 0 Å². The molecule has 3 aromatic rings. The molecule has 2 aliphatic rings. The van der Waals surface area contributed by atoms with Crippen LogP contribution >= 0.6 is 23.4 Å². The van der Waals surface area contributed by atoms with Gasteiger partial charge < -0.3 is 4.74 Å². The molecule has 1 spiro atoms. The fraction of sp³-hybridized carbons (Fsp3) is 0.222. The first-order valence-electron chi connectivity index (χ1n) is 11.5. The summed E-state index contributed by atoms with van der Waals surface area (Å²) in [6.07, 6.45) is 1.38. The van der Waals surface area contributed by atoms with Crippen LogP contribution in [0.5, 0.6) is 0 Å². The number of carbonyl (C=O) groups excluding carboxylic acids is 1. The molecule has 8 heteroatoms. The molecule has 0 unspecified atom stereocenters. The predicted molar refractivity (Wildman–Crippen MR) is 144 cm³/mol. The van der Waals surface area contributed by atoms with Crippen LogP contribution in [-0.2, 0) is 9.53 Å². The van der Waals surface area contributed by atoms with E-state index in [9.17, 15) is 4.79 Å². The van der Waals surface area contributed by atoms with E-state index >= 15 is 0 Å². The lowest BCUT2D eigenvalue weighted by molar-refractivity contribution is -0.134. The Kier molecular flexibility index (Phi) is 6.54. The molecule has 0 amide bonds. The third-order valence-electron chi connectivity index (χ3n) is 5.93. The summed E-state index contributed by atoms with van der Waals surface area (Å²) in [5, 5.41) is 14.8. The van der Waals surface area contributed by atoms with Gasteiger partial charge in [0.15, 0.2) is 0 Å². The second-order valence-electron chi connectivity index (χ2n) is 8.32. The van der Waals surface area contributed by atoms with Crippen LogP contribution in [0.3, 0.4) is 0 Å². The van der Waals surface area contributed by atoms with Gasteiger partial charge in [-0.2, -0.15) is 10.2 Å². The molecule has 2 aliphatic heterocycles. The Balaban J connectivity index is 1.64. The molecule has 0 aromatic heterocycles. The summed E-state index contributed by atoms with van der Waals surface area (Å²) in [5.41, 5.74) is 4.90. The van der Waals surface area contributed by atoms with Crippen LogP contribution in [0.15, 0.2) is 89.1 Å². The molecule has 1 atom stereocenters. The van der Waals surface area contributed by atoms with Crippen molar-refractivity contribution in [3.05, 3.63) is 95.0 Å². The largest absolute Gasteiger partial charge is 0.461 e. The average Bonchev–Trinajstić information content (AvgIpc) is 3.26. The smallest absolute Gasteiger partial charge is 0.365 e. The third kappa shape index (κ3) is 4.54. The van der Waals surface area contributed by atoms with Gasteiger partial charge in [-0.3, -0.25) is 0 Å². The van der Waals surface area contributed by atoms with E-state index in [1.54, 1.807) is 6.92 Å². The number of thioether (sulfide) groups is 1. The summed E-state index contributed by atoms with van der Waals surface area (Å²) in [7, 11) is 0. The summed E-state index contributed by atoms with van der Waals surface area (Å²) in [6.45, 7) is 4.13. The number of para-hydroxylation sites is 1. The van der Waals surface area contributed by atoms with Crippen molar-refractivity contribution in [2.24, 2.45) is 10.2 Å². The summed E-state index contributed by atoms with van der Waals surface area (Å²) in [6, 6.07) is 25.9. The van der Waals surface area contributed by atoms with E-state index < -0.39 is 11.0 Å². The average molecular weight is 505 g/mol. The highest BCUT2D eigenvalue weighted by molar-refractivity contribution is 8.17. The molecule has 0 radical (unpaired) electrons. The number of benzene rings is 3. The Morgan fingerprint density at radius 2 is 1.63 bits per heavy atom. The molecule has 2 heterocycles. The van der Waals surface area contributed by atoms with Crippen LogP contribution in [-0.4, -0.2) is 28.3 Å². The highest BCUT2D eigenvalue weighted by Crippen LogP contribution is 2.50. The van der Waals surface area contributed by atoms with Crippen molar-refractivity contribution in [1.29, 1.82) is 0 Å². The monoisotopic (exact) mass is 504 g/mol. The molecular weight excluding hydrogens is 480 g/mol. The molecule has 0 aliphatic carbocycles. The zero-order valence-corrected chi connectivity index (χ0v) is 21.1. The van der Waals surface area contributed by atoms with Crippen LogP contribution in [0.2, 0.25) is 5.02 Å². The number of esters is 1. The SMILES string of the molecule is CCOC(=O)C1=NN(c2ccc(C)cc2)[C@]2(CCC(c3ccc(Cl)cc3)=NN2c2ccccc2)S1. The van der Waals surface area contributed by atoms with E-state index in [2.05, 4.69) is 0 Å². The molecule has 0 fully saturated rings. The zero-order chi connectivity index (χ0) is 24.4. The van der Waals surface area contributed by atoms with Gasteiger partial charge in [0.25, 0.3) is 0 Å². The van der Waals surface area contributed by atoms with Crippen LogP contribution in [0.1, 0.15) is 30.9 Å². The van der Waals surface area contributed by atoms with Crippen molar-refractivity contribution in [1.82, 2.24) is 0 Å². The minimum atomic E-state index is -0.769. The molecule has 0 bridgehead atoms. The zero-order valence-electron chi connectivity index (χ0n) is 19.5. The van der Waals surface area contributed by atoms with Gasteiger partial charge in [0.2, 0.25) is 10.0 Å². The molecule has 0 saturated carbocycles. The van der Waals surface area contributed by atoms with E-state index in [1.165, 1.54) is 11.8 Å². The van der Waals surface area contributed by atoms with Gasteiger partial charge in [0.1, 0.15) is 0 Å². The predicted octanol–water partition coefficient (Wildman–Crippen LogP) is 6.44. The number of hydrogen-bond acceptors (Lipinski definition) is 7. The second-order valence-corrected chi connectivity index (χ2v) is 10.0. The number of carbonyl (C=O) groups is 1. The molecule has 35 heavy (non-hydrogen) atoms. The van der Waals surface area contributed by atoms with Gasteiger partial charge in [-0.05, 0) is 74.0 Å². The lowest BCUT2D eigenvalue weighted by Gasteiger charge is -2.46. The molecule has 6 nitrogen and oxygen atoms in total. The summed E-state index contributed by atoms with van der Waals surface area (Å²) in [4.78, 5) is 12.0. The molecule has 178 valence electrons. The minimum absolute atomic E-state index is 0.289. The summed E-state index contributed by atoms with van der Waals surface area (Å²) < 4.78 is 5.32. The van der Waals surface area contributed by atoms with Gasteiger partial charge in [-0.15, -0.1) is 0 Å². The van der Waals surface area contributed by atoms with Gasteiger partial charge in [-0.1, -0.05) is 59.6 Å². The highest BCUT2D eigenvalue weighted by Gasteiger charge is 2.53. The highest BCUT2D eigenvalue weighted by atomic mass is 35.5. The van der Waals surface area contributed by atoms with Crippen molar-refractivity contribution >= 4 is 51.5 Å². The number of rotatable bonds is 5. The van der Waals surface area contributed by atoms with Crippen molar-refractivity contribution in [2.45, 2.75) is 31.7 Å². The topological polar surface area (TPSA) is 57.5 Å². The Bertz CT molecular complexity index is 1280. The number of nitrogens with zero attached hydrogens (tertiary/aromatic N) is 4. The van der Waals surface area contributed by atoms with Gasteiger partial charge >= 0.3 is 5.97 Å². The minimum Gasteiger partial charge on any atom is -0.461 e. The van der Waals surface area contributed by atoms with Crippen molar-refractivity contribution in [2.75, 3.05) is 16.6 Å². The second kappa shape index (κ2) is 9.76. The standard InChI is InChI=1S/C27H25ClN4O2S/c1-3-34-26(33)25-30-32(23-15-9-19(2)10-16-23)27(35-25)18-17-24(20-11-13-21(28)14-12-20)29-31(27)22-7-5-4-6-8-22/h4-16H,3,17-18H2,1-2H3/t27-/m1/s1. The number of anilines is 2. The fourth-order valence-electron chi connectivity index (χ4n) is 4.21. The van der Waals surface area contributed by atoms with Gasteiger partial charge in [0, 0.05) is 11.4 Å². The normalized spacial score (nSPS) is 19.5. The van der Waals surface area contributed by atoms with E-state index in [1.807, 2.05) is 95.8 Å². The Morgan fingerprint density at radius 1 is 0.971 bits per heavy atom. The molecule has 3 aromatic carbocycles. The van der Waals surface area contributed by atoms with Crippen molar-refractivity contribution in [3.8, 4) is 0 Å². The molecule has 0 saturated heterocycles. The lowest BCUT2D eigenvalue weighted by Crippen LogP contribution is -2.56. The van der Waals surface area contributed by atoms with E-state index in [0.29, 0.717) is 22.9 Å². The van der Waals surface area contributed by atoms with Gasteiger partial charge in [-0.25, -0.2) is 14.8 Å². The van der Waals surface area contributed by atoms with E-state index in [4.69, 9.17) is 26.5 Å². The first kappa shape index (κ1) is 23.5. The van der Waals surface area contributed by atoms with Crippen molar-refractivity contribution < 1.29 is 9.53 Å². The maximum Gasteiger partial charge on any atom is 0.365 e. The number of halogens is 1. The number of ether oxygens (including phenoxy) is 1. The first-order valence-corrected chi connectivity index (χ1v) is 12.7. The first-order chi connectivity index (χ1) is 17.0. The Labute approximate surface area is 214 Å². The van der Waals surface area contributed by atoms with E-state index in [0.717, 1.165) is 28.2 Å². The Hall–Kier alpha value is -3.29. The third-order valence-corrected chi connectivity index (χ3v) is 7.50. The summed E-state index contributed by atoms with van der Waals surface area (Å²) in [5.74, 6) is -0.424. The van der Waals surface area contributed by atoms with Crippen LogP contribution in [0.4, 0.5) is 11.4 Å². The lowest BCUT2D eigenvalue weighted by atomic mass is 10.0. The van der Waals surface area contributed by atoms with Crippen LogP contribution in [0, 0.1) is 6.92 Å². The maximum absolute atomic E-state index is 12.8. The van der Waals surface area contributed by atoms with Crippen LogP contribution < -0.4 is 10.0 Å². The molecular formula is C27H25ClN4O2S. The Morgan fingerprint density at radius 3 is 2.31 bits per heavy atom. The number of aryl methyl sites for hydroxylation is 1. The molecule has 0 N–H and O–H groups in total.